The van der Waals surface area contributed by atoms with Gasteiger partial charge in [0.2, 0.25) is 0 Å². The predicted octanol–water partition coefficient (Wildman–Crippen LogP) is 1.65. The van der Waals surface area contributed by atoms with Crippen molar-refractivity contribution in [2.75, 3.05) is 11.3 Å². The van der Waals surface area contributed by atoms with Crippen molar-refractivity contribution in [3.05, 3.63) is 41.7 Å². The highest BCUT2D eigenvalue weighted by atomic mass is 32.2. The number of nitrogens with two attached hydrogens (primary N) is 1. The van der Waals surface area contributed by atoms with E-state index in [9.17, 15) is 8.42 Å². The summed E-state index contributed by atoms with van der Waals surface area (Å²) in [6.45, 7) is 4.98. The van der Waals surface area contributed by atoms with Gasteiger partial charge in [0.25, 0.3) is 10.0 Å². The van der Waals surface area contributed by atoms with Crippen molar-refractivity contribution in [2.45, 2.75) is 31.7 Å². The second-order valence-electron chi connectivity index (χ2n) is 4.93. The molecule has 0 aliphatic rings. The van der Waals surface area contributed by atoms with Crippen LogP contribution in [0.25, 0.3) is 0 Å². The van der Waals surface area contributed by atoms with E-state index in [0.717, 1.165) is 17.5 Å². The molecule has 1 aromatic heterocycles. The van der Waals surface area contributed by atoms with Crippen LogP contribution in [0.4, 0.5) is 5.69 Å². The average molecular weight is 308 g/mol. The normalized spacial score (nSPS) is 11.6. The number of nitrogens with zero attached hydrogens (tertiary/aromatic N) is 2. The average Bonchev–Trinajstić information content (AvgIpc) is 2.91. The van der Waals surface area contributed by atoms with E-state index in [1.165, 1.54) is 12.4 Å². The summed E-state index contributed by atoms with van der Waals surface area (Å²) in [4.78, 5) is 0.153. The zero-order valence-electron chi connectivity index (χ0n) is 12.2. The number of rotatable bonds is 6. The van der Waals surface area contributed by atoms with E-state index in [2.05, 4.69) is 9.82 Å². The summed E-state index contributed by atoms with van der Waals surface area (Å²) >= 11 is 0. The van der Waals surface area contributed by atoms with Crippen LogP contribution in [0.2, 0.25) is 0 Å². The van der Waals surface area contributed by atoms with Gasteiger partial charge in [-0.25, -0.2) is 8.42 Å². The largest absolute Gasteiger partial charge is 0.330 e. The molecule has 0 spiro atoms. The van der Waals surface area contributed by atoms with Crippen LogP contribution in [0.5, 0.6) is 0 Å². The molecular formula is C14H20N4O2S. The summed E-state index contributed by atoms with van der Waals surface area (Å²) < 4.78 is 28.9. The second kappa shape index (κ2) is 6.28. The predicted molar refractivity (Wildman–Crippen MR) is 82.6 cm³/mol. The number of benzene rings is 1. The lowest BCUT2D eigenvalue weighted by Crippen LogP contribution is -2.13. The number of aromatic nitrogens is 2. The lowest BCUT2D eigenvalue weighted by atomic mass is 10.1. The van der Waals surface area contributed by atoms with E-state index >= 15 is 0 Å². The number of hydrogen-bond donors (Lipinski definition) is 2. The van der Waals surface area contributed by atoms with Crippen molar-refractivity contribution in [1.82, 2.24) is 9.78 Å². The van der Waals surface area contributed by atoms with Gasteiger partial charge in [0.15, 0.2) is 0 Å². The Morgan fingerprint density at radius 3 is 2.81 bits per heavy atom. The van der Waals surface area contributed by atoms with Crippen LogP contribution in [0, 0.1) is 13.8 Å². The molecular weight excluding hydrogens is 288 g/mol. The standard InChI is InChI=1S/C14H20N4O2S/c1-11-5-3-6-14(12(11)2)17-21(19,20)13-9-16-18(10-13)8-4-7-15/h3,5-6,9-10,17H,4,7-8,15H2,1-2H3. The number of sulfonamides is 1. The van der Waals surface area contributed by atoms with Crippen LogP contribution in [-0.2, 0) is 16.6 Å². The van der Waals surface area contributed by atoms with Crippen molar-refractivity contribution in [3.63, 3.8) is 0 Å². The van der Waals surface area contributed by atoms with E-state index in [0.29, 0.717) is 18.8 Å². The second-order valence-corrected chi connectivity index (χ2v) is 6.62. The molecule has 0 amide bonds. The molecule has 3 N–H and O–H groups in total. The maximum Gasteiger partial charge on any atom is 0.265 e. The Bertz CT molecular complexity index is 722. The lowest BCUT2D eigenvalue weighted by molar-refractivity contribution is 0.582. The van der Waals surface area contributed by atoms with Crippen molar-refractivity contribution >= 4 is 15.7 Å². The Morgan fingerprint density at radius 2 is 2.10 bits per heavy atom. The SMILES string of the molecule is Cc1cccc(NS(=O)(=O)c2cnn(CCCN)c2)c1C. The maximum absolute atomic E-state index is 12.4. The minimum Gasteiger partial charge on any atom is -0.330 e. The van der Waals surface area contributed by atoms with Crippen LogP contribution < -0.4 is 10.5 Å². The van der Waals surface area contributed by atoms with Gasteiger partial charge in [0, 0.05) is 12.7 Å². The summed E-state index contributed by atoms with van der Waals surface area (Å²) in [5, 5.41) is 4.04. The fourth-order valence-corrected chi connectivity index (χ4v) is 3.00. The molecule has 114 valence electrons. The van der Waals surface area contributed by atoms with Crippen LogP contribution in [0.3, 0.4) is 0 Å². The minimum absolute atomic E-state index is 0.153. The molecule has 2 aromatic rings. The third kappa shape index (κ3) is 3.62. The molecule has 1 aromatic carbocycles. The van der Waals surface area contributed by atoms with Gasteiger partial charge in [-0.2, -0.15) is 5.10 Å². The number of nitrogens with one attached hydrogen (secondary N) is 1. The summed E-state index contributed by atoms with van der Waals surface area (Å²) in [7, 11) is -3.62. The van der Waals surface area contributed by atoms with Crippen molar-refractivity contribution < 1.29 is 8.42 Å². The summed E-state index contributed by atoms with van der Waals surface area (Å²) in [5.41, 5.74) is 7.97. The molecule has 0 aliphatic heterocycles. The summed E-state index contributed by atoms with van der Waals surface area (Å²) in [5.74, 6) is 0. The molecule has 0 fully saturated rings. The molecule has 0 unspecified atom stereocenters. The fraction of sp³-hybridized carbons (Fsp3) is 0.357. The molecule has 0 atom stereocenters. The third-order valence-corrected chi connectivity index (χ3v) is 4.68. The molecule has 0 aliphatic carbocycles. The van der Waals surface area contributed by atoms with E-state index in [4.69, 9.17) is 5.73 Å². The van der Waals surface area contributed by atoms with Crippen molar-refractivity contribution in [2.24, 2.45) is 5.73 Å². The highest BCUT2D eigenvalue weighted by Crippen LogP contribution is 2.21. The van der Waals surface area contributed by atoms with E-state index < -0.39 is 10.0 Å². The summed E-state index contributed by atoms with van der Waals surface area (Å²) in [6.07, 6.45) is 3.62. The highest BCUT2D eigenvalue weighted by molar-refractivity contribution is 7.92. The van der Waals surface area contributed by atoms with Crippen molar-refractivity contribution in [1.29, 1.82) is 0 Å². The zero-order chi connectivity index (χ0) is 15.5. The Balaban J connectivity index is 2.22. The van der Waals surface area contributed by atoms with Crippen molar-refractivity contribution in [3.8, 4) is 0 Å². The van der Waals surface area contributed by atoms with Gasteiger partial charge < -0.3 is 5.73 Å². The van der Waals surface area contributed by atoms with Crippen LogP contribution in [0.1, 0.15) is 17.5 Å². The molecule has 0 radical (unpaired) electrons. The minimum atomic E-state index is -3.62. The number of anilines is 1. The molecule has 7 heteroatoms. The highest BCUT2D eigenvalue weighted by Gasteiger charge is 2.17. The lowest BCUT2D eigenvalue weighted by Gasteiger charge is -2.10. The van der Waals surface area contributed by atoms with Crippen LogP contribution in [-0.4, -0.2) is 24.7 Å². The zero-order valence-corrected chi connectivity index (χ0v) is 13.0. The first kappa shape index (κ1) is 15.5. The van der Waals surface area contributed by atoms with Gasteiger partial charge in [-0.3, -0.25) is 9.40 Å². The topological polar surface area (TPSA) is 90.0 Å². The van der Waals surface area contributed by atoms with Gasteiger partial charge in [-0.15, -0.1) is 0 Å². The fourth-order valence-electron chi connectivity index (χ4n) is 1.92. The van der Waals surface area contributed by atoms with Gasteiger partial charge in [-0.1, -0.05) is 12.1 Å². The van der Waals surface area contributed by atoms with Crippen LogP contribution >= 0.6 is 0 Å². The van der Waals surface area contributed by atoms with Crippen LogP contribution in [0.15, 0.2) is 35.5 Å². The van der Waals surface area contributed by atoms with Gasteiger partial charge >= 0.3 is 0 Å². The molecule has 2 rings (SSSR count). The first-order valence-electron chi connectivity index (χ1n) is 6.75. The molecule has 0 saturated heterocycles. The van der Waals surface area contributed by atoms with Gasteiger partial charge in [-0.05, 0) is 44.0 Å². The number of aryl methyl sites for hydroxylation is 2. The van der Waals surface area contributed by atoms with E-state index in [1.54, 1.807) is 10.7 Å². The smallest absolute Gasteiger partial charge is 0.265 e. The Morgan fingerprint density at radius 1 is 1.33 bits per heavy atom. The summed E-state index contributed by atoms with van der Waals surface area (Å²) in [6, 6.07) is 5.52. The first-order valence-corrected chi connectivity index (χ1v) is 8.24. The quantitative estimate of drug-likeness (QED) is 0.849. The van der Waals surface area contributed by atoms with Gasteiger partial charge in [0.1, 0.15) is 4.90 Å². The molecule has 0 saturated carbocycles. The molecule has 21 heavy (non-hydrogen) atoms. The Labute approximate surface area is 125 Å². The maximum atomic E-state index is 12.4. The molecule has 0 bridgehead atoms. The van der Waals surface area contributed by atoms with Gasteiger partial charge in [0.05, 0.1) is 11.9 Å². The molecule has 6 nitrogen and oxygen atoms in total. The first-order chi connectivity index (χ1) is 9.94. The Kier molecular flexibility index (Phi) is 4.64. The monoisotopic (exact) mass is 308 g/mol. The van der Waals surface area contributed by atoms with E-state index in [-0.39, 0.29) is 4.90 Å². The number of hydrogen-bond acceptors (Lipinski definition) is 4. The third-order valence-electron chi connectivity index (χ3n) is 3.36. The van der Waals surface area contributed by atoms with E-state index in [1.807, 2.05) is 26.0 Å². The molecule has 1 heterocycles. The Hall–Kier alpha value is -1.86.